The number of benzene rings is 1. The fourth-order valence-electron chi connectivity index (χ4n) is 1.63. The third-order valence-electron chi connectivity index (χ3n) is 2.46. The third-order valence-corrected chi connectivity index (χ3v) is 3.58. The van der Waals surface area contributed by atoms with Crippen LogP contribution in [0.1, 0.15) is 5.76 Å². The third kappa shape index (κ3) is 2.05. The van der Waals surface area contributed by atoms with Crippen LogP contribution in [0.15, 0.2) is 28.9 Å². The Bertz CT molecular complexity index is 681. The summed E-state index contributed by atoms with van der Waals surface area (Å²) < 4.78 is 13.6. The Morgan fingerprint density at radius 1 is 1.22 bits per heavy atom. The van der Waals surface area contributed by atoms with Crippen molar-refractivity contribution in [1.82, 2.24) is 8.75 Å². The predicted octanol–water partition coefficient (Wildman–Crippen LogP) is 4.20. The highest BCUT2D eigenvalue weighted by atomic mass is 35.5. The Balaban J connectivity index is 1.98. The van der Waals surface area contributed by atoms with Gasteiger partial charge in [-0.05, 0) is 18.2 Å². The number of rotatable bonds is 3. The molecule has 3 rings (SSSR count). The van der Waals surface area contributed by atoms with Crippen molar-refractivity contribution >= 4 is 51.7 Å². The lowest BCUT2D eigenvalue weighted by Gasteiger charge is -2.08. The zero-order valence-corrected chi connectivity index (χ0v) is 11.3. The second-order valence-corrected chi connectivity index (χ2v) is 4.95. The van der Waals surface area contributed by atoms with E-state index in [1.54, 1.807) is 12.3 Å². The van der Waals surface area contributed by atoms with E-state index in [0.717, 1.165) is 23.2 Å². The minimum absolute atomic E-state index is 0.507. The molecule has 0 fully saturated rings. The Hall–Kier alpha value is -1.30. The second-order valence-electron chi connectivity index (χ2n) is 3.61. The van der Waals surface area contributed by atoms with Crippen molar-refractivity contribution in [3.05, 3.63) is 40.3 Å². The van der Waals surface area contributed by atoms with Gasteiger partial charge in [-0.2, -0.15) is 8.75 Å². The van der Waals surface area contributed by atoms with Gasteiger partial charge < -0.3 is 9.73 Å². The summed E-state index contributed by atoms with van der Waals surface area (Å²) in [6.07, 6.45) is 1.63. The second kappa shape index (κ2) is 4.76. The van der Waals surface area contributed by atoms with Gasteiger partial charge in [-0.1, -0.05) is 23.2 Å². The molecule has 2 heterocycles. The monoisotopic (exact) mass is 299 g/mol. The van der Waals surface area contributed by atoms with E-state index in [4.69, 9.17) is 27.6 Å². The number of nitrogens with one attached hydrogen (secondary N) is 1. The number of furan rings is 1. The molecular weight excluding hydrogens is 293 g/mol. The zero-order valence-electron chi connectivity index (χ0n) is 8.98. The fraction of sp³-hybridized carbons (Fsp3) is 0.0909. The van der Waals surface area contributed by atoms with Gasteiger partial charge in [-0.25, -0.2) is 0 Å². The lowest BCUT2D eigenvalue weighted by molar-refractivity contribution is 0.518. The molecule has 7 heteroatoms. The predicted molar refractivity (Wildman–Crippen MR) is 73.5 cm³/mol. The van der Waals surface area contributed by atoms with Crippen LogP contribution in [0, 0.1) is 0 Å². The highest BCUT2D eigenvalue weighted by Gasteiger charge is 2.13. The number of nitrogens with zero attached hydrogens (tertiary/aromatic N) is 2. The lowest BCUT2D eigenvalue weighted by atomic mass is 10.2. The molecule has 0 saturated carbocycles. The highest BCUT2D eigenvalue weighted by molar-refractivity contribution is 7.00. The maximum Gasteiger partial charge on any atom is 0.130 e. The molecule has 0 aliphatic rings. The topological polar surface area (TPSA) is 51.0 Å². The molecule has 1 N–H and O–H groups in total. The molecular formula is C11H7Cl2N3OS. The summed E-state index contributed by atoms with van der Waals surface area (Å²) in [5, 5.41) is 4.22. The van der Waals surface area contributed by atoms with Gasteiger partial charge in [0.1, 0.15) is 16.8 Å². The average Bonchev–Trinajstić information content (AvgIpc) is 2.98. The van der Waals surface area contributed by atoms with Gasteiger partial charge in [-0.15, -0.1) is 0 Å². The van der Waals surface area contributed by atoms with Crippen LogP contribution in [-0.4, -0.2) is 8.75 Å². The SMILES string of the molecule is Clc1cc(Cl)c2nsnc2c1NCc1ccco1. The van der Waals surface area contributed by atoms with E-state index in [9.17, 15) is 0 Å². The van der Waals surface area contributed by atoms with Crippen LogP contribution in [0.5, 0.6) is 0 Å². The molecule has 0 spiro atoms. The van der Waals surface area contributed by atoms with E-state index >= 15 is 0 Å². The summed E-state index contributed by atoms with van der Waals surface area (Å²) in [5.41, 5.74) is 2.07. The average molecular weight is 300 g/mol. The van der Waals surface area contributed by atoms with Gasteiger partial charge in [-0.3, -0.25) is 0 Å². The summed E-state index contributed by atoms with van der Waals surface area (Å²) in [7, 11) is 0. The molecule has 0 radical (unpaired) electrons. The van der Waals surface area contributed by atoms with Gasteiger partial charge in [0.05, 0.1) is 40.3 Å². The Kier molecular flexibility index (Phi) is 3.11. The van der Waals surface area contributed by atoms with E-state index < -0.39 is 0 Å². The summed E-state index contributed by atoms with van der Waals surface area (Å²) in [6, 6.07) is 5.38. The largest absolute Gasteiger partial charge is 0.467 e. The quantitative estimate of drug-likeness (QED) is 0.787. The molecule has 4 nitrogen and oxygen atoms in total. The molecule has 0 bridgehead atoms. The van der Waals surface area contributed by atoms with Gasteiger partial charge in [0.2, 0.25) is 0 Å². The number of hydrogen-bond acceptors (Lipinski definition) is 5. The van der Waals surface area contributed by atoms with Crippen molar-refractivity contribution in [2.45, 2.75) is 6.54 Å². The standard InChI is InChI=1S/C11H7Cl2N3OS/c12-7-4-8(13)10-11(16-18-15-10)9(7)14-5-6-2-1-3-17-6/h1-4,14H,5H2. The minimum Gasteiger partial charge on any atom is -0.467 e. The molecule has 0 unspecified atom stereocenters. The fourth-order valence-corrected chi connectivity index (χ4v) is 2.81. The van der Waals surface area contributed by atoms with E-state index in [-0.39, 0.29) is 0 Å². The van der Waals surface area contributed by atoms with E-state index in [1.807, 2.05) is 12.1 Å². The van der Waals surface area contributed by atoms with Crippen LogP contribution in [0.3, 0.4) is 0 Å². The first-order chi connectivity index (χ1) is 8.75. The van der Waals surface area contributed by atoms with Crippen LogP contribution in [0.25, 0.3) is 11.0 Å². The number of anilines is 1. The summed E-state index contributed by atoms with van der Waals surface area (Å²) in [4.78, 5) is 0. The Morgan fingerprint density at radius 3 is 2.83 bits per heavy atom. The van der Waals surface area contributed by atoms with Gasteiger partial charge >= 0.3 is 0 Å². The smallest absolute Gasteiger partial charge is 0.130 e. The first-order valence-corrected chi connectivity index (χ1v) is 6.61. The molecule has 18 heavy (non-hydrogen) atoms. The van der Waals surface area contributed by atoms with Gasteiger partial charge in [0, 0.05) is 0 Å². The Morgan fingerprint density at radius 2 is 2.06 bits per heavy atom. The van der Waals surface area contributed by atoms with Crippen LogP contribution in [0.2, 0.25) is 10.0 Å². The van der Waals surface area contributed by atoms with Gasteiger partial charge in [0.25, 0.3) is 0 Å². The van der Waals surface area contributed by atoms with Crippen molar-refractivity contribution in [3.8, 4) is 0 Å². The molecule has 0 aliphatic carbocycles. The Labute approximate surface area is 117 Å². The minimum atomic E-state index is 0.507. The van der Waals surface area contributed by atoms with Crippen LogP contribution in [-0.2, 0) is 6.54 Å². The molecule has 0 aliphatic heterocycles. The van der Waals surface area contributed by atoms with Gasteiger partial charge in [0.15, 0.2) is 0 Å². The zero-order chi connectivity index (χ0) is 12.5. The van der Waals surface area contributed by atoms with Crippen molar-refractivity contribution in [1.29, 1.82) is 0 Å². The van der Waals surface area contributed by atoms with Crippen molar-refractivity contribution < 1.29 is 4.42 Å². The molecule has 1 aromatic carbocycles. The molecule has 0 atom stereocenters. The van der Waals surface area contributed by atoms with Crippen molar-refractivity contribution in [3.63, 3.8) is 0 Å². The normalized spacial score (nSPS) is 11.0. The molecule has 3 aromatic rings. The van der Waals surface area contributed by atoms with Crippen molar-refractivity contribution in [2.75, 3.05) is 5.32 Å². The maximum atomic E-state index is 6.16. The number of aromatic nitrogens is 2. The molecule has 92 valence electrons. The van der Waals surface area contributed by atoms with E-state index in [0.29, 0.717) is 27.6 Å². The maximum absolute atomic E-state index is 6.16. The molecule has 0 saturated heterocycles. The highest BCUT2D eigenvalue weighted by Crippen LogP contribution is 2.35. The van der Waals surface area contributed by atoms with Crippen LogP contribution >= 0.6 is 34.9 Å². The van der Waals surface area contributed by atoms with Crippen LogP contribution < -0.4 is 5.32 Å². The molecule has 0 amide bonds. The molecule has 2 aromatic heterocycles. The number of hydrogen-bond donors (Lipinski definition) is 1. The summed E-state index contributed by atoms with van der Waals surface area (Å²) >= 11 is 13.3. The number of fused-ring (bicyclic) bond motifs is 1. The number of halogens is 2. The van der Waals surface area contributed by atoms with Crippen molar-refractivity contribution in [2.24, 2.45) is 0 Å². The first-order valence-electron chi connectivity index (χ1n) is 5.12. The van der Waals surface area contributed by atoms with Crippen LogP contribution in [0.4, 0.5) is 5.69 Å². The van der Waals surface area contributed by atoms with E-state index in [2.05, 4.69) is 14.1 Å². The van der Waals surface area contributed by atoms with E-state index in [1.165, 1.54) is 0 Å². The first kappa shape index (κ1) is 11.8. The summed E-state index contributed by atoms with van der Waals surface area (Å²) in [6.45, 7) is 0.529. The summed E-state index contributed by atoms with van der Waals surface area (Å²) in [5.74, 6) is 0.817. The lowest BCUT2D eigenvalue weighted by Crippen LogP contribution is -1.99.